The van der Waals surface area contributed by atoms with Crippen LogP contribution >= 0.6 is 31.9 Å². The van der Waals surface area contributed by atoms with Crippen LogP contribution in [0.2, 0.25) is 0 Å². The standard InChI is InChI=1S/C21H16Br2O3/c1-25-20(24)21-11-15(13-2-6-16(22)7-3-13)10-19(21)26-18(12-21)14-4-8-17(23)9-5-14/h2-10,12,19H,11H2,1H3/t19-,21+/m0/s1. The minimum atomic E-state index is -0.806. The Kier molecular flexibility index (Phi) is 4.53. The van der Waals surface area contributed by atoms with Crippen molar-refractivity contribution in [1.82, 2.24) is 0 Å². The van der Waals surface area contributed by atoms with E-state index < -0.39 is 5.41 Å². The minimum Gasteiger partial charge on any atom is -0.484 e. The molecule has 0 fully saturated rings. The van der Waals surface area contributed by atoms with Gasteiger partial charge >= 0.3 is 5.97 Å². The van der Waals surface area contributed by atoms with Crippen molar-refractivity contribution in [3.63, 3.8) is 0 Å². The first-order chi connectivity index (χ1) is 12.5. The second-order valence-corrected chi connectivity index (χ2v) is 8.29. The van der Waals surface area contributed by atoms with Crippen molar-refractivity contribution in [3.05, 3.63) is 80.8 Å². The molecular weight excluding hydrogens is 460 g/mol. The molecule has 4 rings (SSSR count). The SMILES string of the molecule is COC(=O)[C@]12C=C(c3ccc(Br)cc3)O[C@H]1C=C(c1ccc(Br)cc1)C2. The second kappa shape index (κ2) is 6.71. The molecule has 1 heterocycles. The maximum Gasteiger partial charge on any atom is 0.320 e. The Labute approximate surface area is 169 Å². The van der Waals surface area contributed by atoms with Crippen molar-refractivity contribution in [2.24, 2.45) is 5.41 Å². The van der Waals surface area contributed by atoms with Gasteiger partial charge in [-0.2, -0.15) is 0 Å². The van der Waals surface area contributed by atoms with Crippen molar-refractivity contribution >= 4 is 49.2 Å². The van der Waals surface area contributed by atoms with Crippen molar-refractivity contribution in [2.45, 2.75) is 12.5 Å². The normalized spacial score (nSPS) is 23.7. The van der Waals surface area contributed by atoms with E-state index in [-0.39, 0.29) is 12.1 Å². The molecular formula is C21H16Br2O3. The fourth-order valence-corrected chi connectivity index (χ4v) is 4.08. The lowest BCUT2D eigenvalue weighted by Crippen LogP contribution is -2.35. The molecule has 0 spiro atoms. The van der Waals surface area contributed by atoms with Gasteiger partial charge in [0.2, 0.25) is 0 Å². The van der Waals surface area contributed by atoms with Crippen molar-refractivity contribution in [1.29, 1.82) is 0 Å². The van der Waals surface area contributed by atoms with E-state index in [2.05, 4.69) is 31.9 Å². The molecule has 2 atom stereocenters. The zero-order valence-electron chi connectivity index (χ0n) is 14.0. The van der Waals surface area contributed by atoms with Crippen LogP contribution in [0.4, 0.5) is 0 Å². The van der Waals surface area contributed by atoms with Crippen LogP contribution in [0.1, 0.15) is 17.5 Å². The number of esters is 1. The molecule has 5 heteroatoms. The first-order valence-corrected chi connectivity index (χ1v) is 9.81. The number of allylic oxidation sites excluding steroid dienone is 1. The number of carbonyl (C=O) groups excluding carboxylic acids is 1. The number of fused-ring (bicyclic) bond motifs is 1. The van der Waals surface area contributed by atoms with Gasteiger partial charge in [0, 0.05) is 14.5 Å². The van der Waals surface area contributed by atoms with Gasteiger partial charge in [-0.1, -0.05) is 56.1 Å². The number of methoxy groups -OCH3 is 1. The van der Waals surface area contributed by atoms with Gasteiger partial charge in [0.15, 0.2) is 0 Å². The van der Waals surface area contributed by atoms with Crippen molar-refractivity contribution in [3.8, 4) is 0 Å². The number of benzene rings is 2. The van der Waals surface area contributed by atoms with E-state index in [0.29, 0.717) is 6.42 Å². The summed E-state index contributed by atoms with van der Waals surface area (Å²) in [7, 11) is 1.43. The zero-order chi connectivity index (χ0) is 18.3. The van der Waals surface area contributed by atoms with Crippen LogP contribution in [0, 0.1) is 5.41 Å². The average molecular weight is 476 g/mol. The van der Waals surface area contributed by atoms with Crippen molar-refractivity contribution in [2.75, 3.05) is 7.11 Å². The van der Waals surface area contributed by atoms with E-state index in [1.165, 1.54) is 7.11 Å². The van der Waals surface area contributed by atoms with Crippen LogP contribution in [-0.2, 0) is 14.3 Å². The lowest BCUT2D eigenvalue weighted by molar-refractivity contribution is -0.151. The van der Waals surface area contributed by atoms with Crippen LogP contribution in [0.15, 0.2) is 69.6 Å². The van der Waals surface area contributed by atoms with Crippen LogP contribution in [0.25, 0.3) is 11.3 Å². The Morgan fingerprint density at radius 2 is 1.62 bits per heavy atom. The highest BCUT2D eigenvalue weighted by molar-refractivity contribution is 9.10. The highest BCUT2D eigenvalue weighted by atomic mass is 79.9. The Hall–Kier alpha value is -1.85. The number of rotatable bonds is 3. The van der Waals surface area contributed by atoms with Crippen LogP contribution < -0.4 is 0 Å². The van der Waals surface area contributed by atoms with Gasteiger partial charge in [-0.05, 0) is 54.0 Å². The Bertz CT molecular complexity index is 913. The maximum absolute atomic E-state index is 12.7. The summed E-state index contributed by atoms with van der Waals surface area (Å²) in [6, 6.07) is 16.0. The first kappa shape index (κ1) is 17.6. The molecule has 0 bridgehead atoms. The average Bonchev–Trinajstić information content (AvgIpc) is 3.18. The van der Waals surface area contributed by atoms with Gasteiger partial charge in [0.05, 0.1) is 7.11 Å². The molecule has 132 valence electrons. The van der Waals surface area contributed by atoms with E-state index in [9.17, 15) is 4.79 Å². The minimum absolute atomic E-state index is 0.266. The monoisotopic (exact) mass is 474 g/mol. The van der Waals surface area contributed by atoms with Gasteiger partial charge in [0.25, 0.3) is 0 Å². The number of carbonyl (C=O) groups is 1. The van der Waals surface area contributed by atoms with Gasteiger partial charge in [-0.15, -0.1) is 0 Å². The largest absolute Gasteiger partial charge is 0.484 e. The molecule has 0 amide bonds. The fraction of sp³-hybridized carbons (Fsp3) is 0.190. The summed E-state index contributed by atoms with van der Waals surface area (Å²) >= 11 is 6.89. The number of ether oxygens (including phenoxy) is 2. The van der Waals surface area contributed by atoms with E-state index in [4.69, 9.17) is 9.47 Å². The molecule has 2 aromatic carbocycles. The van der Waals surface area contributed by atoms with Gasteiger partial charge in [0.1, 0.15) is 17.3 Å². The first-order valence-electron chi connectivity index (χ1n) is 8.22. The predicted octanol–water partition coefficient (Wildman–Crippen LogP) is 5.60. The maximum atomic E-state index is 12.7. The molecule has 1 aliphatic heterocycles. The fourth-order valence-electron chi connectivity index (χ4n) is 3.55. The summed E-state index contributed by atoms with van der Waals surface area (Å²) in [4.78, 5) is 12.7. The van der Waals surface area contributed by atoms with Crippen LogP contribution in [-0.4, -0.2) is 19.2 Å². The number of hydrogen-bond acceptors (Lipinski definition) is 3. The zero-order valence-corrected chi connectivity index (χ0v) is 17.2. The van der Waals surface area contributed by atoms with E-state index in [1.54, 1.807) is 0 Å². The number of hydrogen-bond donors (Lipinski definition) is 0. The molecule has 0 saturated carbocycles. The second-order valence-electron chi connectivity index (χ2n) is 6.46. The molecule has 0 aromatic heterocycles. The molecule has 2 aliphatic rings. The van der Waals surface area contributed by atoms with Crippen LogP contribution in [0.5, 0.6) is 0 Å². The summed E-state index contributed by atoms with van der Waals surface area (Å²) in [5, 5.41) is 0. The predicted molar refractivity (Wildman–Crippen MR) is 108 cm³/mol. The Morgan fingerprint density at radius 3 is 2.19 bits per heavy atom. The Morgan fingerprint density at radius 1 is 1.04 bits per heavy atom. The third-order valence-electron chi connectivity index (χ3n) is 4.90. The molecule has 0 N–H and O–H groups in total. The molecule has 26 heavy (non-hydrogen) atoms. The molecule has 0 radical (unpaired) electrons. The summed E-state index contributed by atoms with van der Waals surface area (Å²) < 4.78 is 13.3. The summed E-state index contributed by atoms with van der Waals surface area (Å²) in [5.41, 5.74) is 2.33. The summed E-state index contributed by atoms with van der Waals surface area (Å²) in [5.74, 6) is 0.456. The quantitative estimate of drug-likeness (QED) is 0.542. The molecule has 0 unspecified atom stereocenters. The van der Waals surface area contributed by atoms with E-state index in [0.717, 1.165) is 31.4 Å². The molecule has 1 aliphatic carbocycles. The van der Waals surface area contributed by atoms with Gasteiger partial charge in [-0.25, -0.2) is 0 Å². The highest BCUT2D eigenvalue weighted by Crippen LogP contribution is 2.52. The van der Waals surface area contributed by atoms with E-state index in [1.807, 2.05) is 60.7 Å². The van der Waals surface area contributed by atoms with Crippen molar-refractivity contribution < 1.29 is 14.3 Å². The third-order valence-corrected chi connectivity index (χ3v) is 5.95. The molecule has 3 nitrogen and oxygen atoms in total. The molecule has 0 saturated heterocycles. The lowest BCUT2D eigenvalue weighted by Gasteiger charge is -2.23. The van der Waals surface area contributed by atoms with Crippen LogP contribution in [0.3, 0.4) is 0 Å². The summed E-state index contributed by atoms with van der Waals surface area (Å²) in [6.07, 6.45) is 4.18. The van der Waals surface area contributed by atoms with Gasteiger partial charge < -0.3 is 9.47 Å². The van der Waals surface area contributed by atoms with E-state index >= 15 is 0 Å². The highest BCUT2D eigenvalue weighted by Gasteiger charge is 2.54. The smallest absolute Gasteiger partial charge is 0.320 e. The lowest BCUT2D eigenvalue weighted by atomic mass is 9.82. The summed E-state index contributed by atoms with van der Waals surface area (Å²) in [6.45, 7) is 0. The third kappa shape index (κ3) is 2.93. The molecule has 2 aromatic rings. The number of halogens is 2. The van der Waals surface area contributed by atoms with Gasteiger partial charge in [-0.3, -0.25) is 4.79 Å². The Balaban J connectivity index is 1.69. The topological polar surface area (TPSA) is 35.5 Å².